The van der Waals surface area contributed by atoms with Gasteiger partial charge in [-0.05, 0) is 54.4 Å². The molecule has 0 radical (unpaired) electrons. The number of hydrogen-bond donors (Lipinski definition) is 2. The van der Waals surface area contributed by atoms with Crippen LogP contribution in [0.4, 0.5) is 10.1 Å². The third-order valence-electron chi connectivity index (χ3n) is 3.19. The maximum Gasteiger partial charge on any atom is 0.261 e. The molecule has 24 heavy (non-hydrogen) atoms. The highest BCUT2D eigenvalue weighted by atomic mass is 32.2. The van der Waals surface area contributed by atoms with E-state index in [0.717, 1.165) is 0 Å². The van der Waals surface area contributed by atoms with Gasteiger partial charge < -0.3 is 5.32 Å². The summed E-state index contributed by atoms with van der Waals surface area (Å²) in [5, 5.41) is 2.76. The van der Waals surface area contributed by atoms with Crippen LogP contribution in [0.1, 0.15) is 24.2 Å². The van der Waals surface area contributed by atoms with Gasteiger partial charge in [0.05, 0.1) is 4.90 Å². The van der Waals surface area contributed by atoms with Gasteiger partial charge in [-0.2, -0.15) is 0 Å². The predicted molar refractivity (Wildman–Crippen MR) is 90.8 cm³/mol. The van der Waals surface area contributed by atoms with Crippen molar-refractivity contribution < 1.29 is 17.6 Å². The molecule has 2 aromatic carbocycles. The molecule has 0 bridgehead atoms. The van der Waals surface area contributed by atoms with Gasteiger partial charge in [0, 0.05) is 17.8 Å². The van der Waals surface area contributed by atoms with Gasteiger partial charge in [0.1, 0.15) is 5.82 Å². The van der Waals surface area contributed by atoms with Crippen LogP contribution in [0.2, 0.25) is 0 Å². The molecule has 0 aromatic heterocycles. The number of amides is 1. The zero-order valence-corrected chi connectivity index (χ0v) is 14.2. The average molecular weight is 350 g/mol. The molecule has 0 aliphatic rings. The first kappa shape index (κ1) is 17.9. The summed E-state index contributed by atoms with van der Waals surface area (Å²) in [5.74, 6) is -0.373. The highest BCUT2D eigenvalue weighted by Gasteiger charge is 2.15. The molecule has 0 heterocycles. The molecule has 0 fully saturated rings. The minimum absolute atomic E-state index is 0.0206. The fraction of sp³-hybridized carbons (Fsp3) is 0.235. The van der Waals surface area contributed by atoms with E-state index in [1.54, 1.807) is 0 Å². The largest absolute Gasteiger partial charge is 0.352 e. The maximum absolute atomic E-state index is 12.9. The van der Waals surface area contributed by atoms with Crippen molar-refractivity contribution in [3.63, 3.8) is 0 Å². The van der Waals surface area contributed by atoms with Crippen LogP contribution in [0, 0.1) is 11.7 Å². The van der Waals surface area contributed by atoms with Crippen molar-refractivity contribution in [3.05, 3.63) is 59.9 Å². The van der Waals surface area contributed by atoms with E-state index in [4.69, 9.17) is 0 Å². The van der Waals surface area contributed by atoms with E-state index < -0.39 is 15.8 Å². The monoisotopic (exact) mass is 350 g/mol. The van der Waals surface area contributed by atoms with Crippen molar-refractivity contribution in [1.82, 2.24) is 5.32 Å². The third kappa shape index (κ3) is 4.79. The van der Waals surface area contributed by atoms with Crippen molar-refractivity contribution in [2.24, 2.45) is 5.92 Å². The zero-order chi connectivity index (χ0) is 17.7. The predicted octanol–water partition coefficient (Wildman–Crippen LogP) is 3.01. The van der Waals surface area contributed by atoms with E-state index in [0.29, 0.717) is 18.0 Å². The smallest absolute Gasteiger partial charge is 0.261 e. The van der Waals surface area contributed by atoms with Crippen LogP contribution in [0.3, 0.4) is 0 Å². The van der Waals surface area contributed by atoms with Gasteiger partial charge in [-0.25, -0.2) is 12.8 Å². The molecule has 0 saturated heterocycles. The van der Waals surface area contributed by atoms with E-state index in [1.165, 1.54) is 48.5 Å². The molecule has 0 unspecified atom stereocenters. The summed E-state index contributed by atoms with van der Waals surface area (Å²) in [4.78, 5) is 11.9. The first-order chi connectivity index (χ1) is 11.3. The fourth-order valence-electron chi connectivity index (χ4n) is 1.92. The lowest BCUT2D eigenvalue weighted by atomic mass is 10.2. The van der Waals surface area contributed by atoms with Gasteiger partial charge >= 0.3 is 0 Å². The number of rotatable bonds is 6. The summed E-state index contributed by atoms with van der Waals surface area (Å²) in [5.41, 5.74) is 0.645. The number of carbonyl (C=O) groups is 1. The highest BCUT2D eigenvalue weighted by Crippen LogP contribution is 2.17. The molecule has 0 saturated carbocycles. The normalized spacial score (nSPS) is 11.3. The Morgan fingerprint density at radius 3 is 2.17 bits per heavy atom. The van der Waals surface area contributed by atoms with Crippen LogP contribution in [-0.4, -0.2) is 20.9 Å². The average Bonchev–Trinajstić information content (AvgIpc) is 2.54. The summed E-state index contributed by atoms with van der Waals surface area (Å²) in [7, 11) is -3.80. The quantitative estimate of drug-likeness (QED) is 0.841. The summed E-state index contributed by atoms with van der Waals surface area (Å²) >= 11 is 0. The lowest BCUT2D eigenvalue weighted by Crippen LogP contribution is -2.27. The molecule has 0 spiro atoms. The summed E-state index contributed by atoms with van der Waals surface area (Å²) in [6.45, 7) is 4.51. The fourth-order valence-corrected chi connectivity index (χ4v) is 2.97. The number of benzene rings is 2. The number of sulfonamides is 1. The molecule has 7 heteroatoms. The van der Waals surface area contributed by atoms with E-state index in [2.05, 4.69) is 10.0 Å². The Kier molecular flexibility index (Phi) is 5.56. The van der Waals surface area contributed by atoms with E-state index >= 15 is 0 Å². The van der Waals surface area contributed by atoms with Gasteiger partial charge in [0.15, 0.2) is 0 Å². The van der Waals surface area contributed by atoms with Crippen molar-refractivity contribution in [3.8, 4) is 0 Å². The SMILES string of the molecule is CC(C)CNC(=O)c1ccc(S(=O)(=O)Nc2ccc(F)cc2)cc1. The van der Waals surface area contributed by atoms with Gasteiger partial charge in [-0.3, -0.25) is 9.52 Å². The second-order valence-corrected chi connectivity index (χ2v) is 7.42. The summed E-state index contributed by atoms with van der Waals surface area (Å²) in [6.07, 6.45) is 0. The highest BCUT2D eigenvalue weighted by molar-refractivity contribution is 7.92. The first-order valence-electron chi connectivity index (χ1n) is 7.44. The van der Waals surface area contributed by atoms with Gasteiger partial charge in [-0.15, -0.1) is 0 Å². The number of halogens is 1. The van der Waals surface area contributed by atoms with E-state index in [9.17, 15) is 17.6 Å². The molecular weight excluding hydrogens is 331 g/mol. The molecule has 0 aliphatic carbocycles. The lowest BCUT2D eigenvalue weighted by Gasteiger charge is -2.10. The lowest BCUT2D eigenvalue weighted by molar-refractivity contribution is 0.0949. The van der Waals surface area contributed by atoms with E-state index in [1.807, 2.05) is 13.8 Å². The Labute approximate surface area is 141 Å². The number of anilines is 1. The number of hydrogen-bond acceptors (Lipinski definition) is 3. The minimum atomic E-state index is -3.80. The van der Waals surface area contributed by atoms with Gasteiger partial charge in [0.25, 0.3) is 15.9 Å². The van der Waals surface area contributed by atoms with Crippen LogP contribution < -0.4 is 10.0 Å². The zero-order valence-electron chi connectivity index (χ0n) is 13.4. The van der Waals surface area contributed by atoms with Crippen LogP contribution in [-0.2, 0) is 10.0 Å². The molecule has 2 N–H and O–H groups in total. The Morgan fingerprint density at radius 1 is 1.04 bits per heavy atom. The standard InChI is InChI=1S/C17H19FN2O3S/c1-12(2)11-19-17(21)13-3-9-16(10-4-13)24(22,23)20-15-7-5-14(18)6-8-15/h3-10,12,20H,11H2,1-2H3,(H,19,21). The van der Waals surface area contributed by atoms with Crippen LogP contribution in [0.15, 0.2) is 53.4 Å². The van der Waals surface area contributed by atoms with Crippen molar-refractivity contribution in [2.75, 3.05) is 11.3 Å². The van der Waals surface area contributed by atoms with E-state index in [-0.39, 0.29) is 16.5 Å². The van der Waals surface area contributed by atoms with Gasteiger partial charge in [0.2, 0.25) is 0 Å². The van der Waals surface area contributed by atoms with Crippen molar-refractivity contribution in [2.45, 2.75) is 18.7 Å². The molecule has 2 aromatic rings. The minimum Gasteiger partial charge on any atom is -0.352 e. The maximum atomic E-state index is 12.9. The summed E-state index contributed by atoms with van der Waals surface area (Å²) in [6, 6.07) is 10.6. The molecule has 2 rings (SSSR count). The first-order valence-corrected chi connectivity index (χ1v) is 8.93. The van der Waals surface area contributed by atoms with Crippen molar-refractivity contribution >= 4 is 21.6 Å². The Hall–Kier alpha value is -2.41. The molecule has 128 valence electrons. The molecule has 0 aliphatic heterocycles. The van der Waals surface area contributed by atoms with Crippen molar-refractivity contribution in [1.29, 1.82) is 0 Å². The summed E-state index contributed by atoms with van der Waals surface area (Å²) < 4.78 is 39.8. The van der Waals surface area contributed by atoms with Crippen LogP contribution in [0.5, 0.6) is 0 Å². The Morgan fingerprint density at radius 2 is 1.62 bits per heavy atom. The number of carbonyl (C=O) groups excluding carboxylic acids is 1. The Balaban J connectivity index is 2.11. The second-order valence-electron chi connectivity index (χ2n) is 5.74. The topological polar surface area (TPSA) is 75.3 Å². The van der Waals surface area contributed by atoms with Crippen LogP contribution >= 0.6 is 0 Å². The second kappa shape index (κ2) is 7.44. The Bertz CT molecular complexity index is 801. The molecule has 0 atom stereocenters. The van der Waals surface area contributed by atoms with Crippen LogP contribution in [0.25, 0.3) is 0 Å². The molecular formula is C17H19FN2O3S. The van der Waals surface area contributed by atoms with Gasteiger partial charge in [-0.1, -0.05) is 13.8 Å². The third-order valence-corrected chi connectivity index (χ3v) is 4.59. The molecule has 1 amide bonds. The number of nitrogens with one attached hydrogen (secondary N) is 2. The molecule has 5 nitrogen and oxygen atoms in total.